The van der Waals surface area contributed by atoms with Crippen LogP contribution in [-0.4, -0.2) is 68.3 Å². The van der Waals surface area contributed by atoms with Gasteiger partial charge in [0, 0.05) is 25.7 Å². The zero-order chi connectivity index (χ0) is 16.5. The fraction of sp³-hybridized carbons (Fsp3) is 0.529. The van der Waals surface area contributed by atoms with Gasteiger partial charge in [-0.2, -0.15) is 0 Å². The van der Waals surface area contributed by atoms with Gasteiger partial charge < -0.3 is 19.3 Å². The molecule has 5 nitrogen and oxygen atoms in total. The number of halogens is 1. The van der Waals surface area contributed by atoms with E-state index in [-0.39, 0.29) is 18.5 Å². The van der Waals surface area contributed by atoms with Gasteiger partial charge in [-0.15, -0.1) is 6.58 Å². The second-order valence-electron chi connectivity index (χ2n) is 5.50. The molecule has 6 heteroatoms. The first-order valence-corrected chi connectivity index (χ1v) is 7.76. The molecule has 1 aromatic carbocycles. The smallest absolute Gasteiger partial charge is 0.126 e. The fourth-order valence-corrected chi connectivity index (χ4v) is 2.43. The Kier molecular flexibility index (Phi) is 7.48. The third kappa shape index (κ3) is 6.66. The molecule has 0 aromatic heterocycles. The van der Waals surface area contributed by atoms with Crippen LogP contribution in [0.25, 0.3) is 0 Å². The molecule has 1 fully saturated rings. The monoisotopic (exact) mass is 325 g/mol. The summed E-state index contributed by atoms with van der Waals surface area (Å²) in [5.74, 6) is 0.167. The minimum Gasteiger partial charge on any atom is -0.491 e. The van der Waals surface area contributed by atoms with Gasteiger partial charge in [0.2, 0.25) is 0 Å². The SMILES string of the molecule is C=CCOC[C@@H](O)CN1CCO[C@@H](COc2cccc(F)c2)C1. The first-order valence-electron chi connectivity index (χ1n) is 7.76. The molecule has 0 unspecified atom stereocenters. The van der Waals surface area contributed by atoms with E-state index in [0.717, 1.165) is 6.54 Å². The van der Waals surface area contributed by atoms with Crippen molar-refractivity contribution >= 4 is 0 Å². The zero-order valence-corrected chi connectivity index (χ0v) is 13.2. The van der Waals surface area contributed by atoms with E-state index in [9.17, 15) is 9.50 Å². The number of aliphatic hydroxyl groups excluding tert-OH is 1. The molecule has 1 heterocycles. The third-order valence-electron chi connectivity index (χ3n) is 3.47. The topological polar surface area (TPSA) is 51.2 Å². The predicted molar refractivity (Wildman–Crippen MR) is 85.1 cm³/mol. The lowest BCUT2D eigenvalue weighted by molar-refractivity contribution is -0.0636. The average molecular weight is 325 g/mol. The Hall–Kier alpha value is -1.47. The van der Waals surface area contributed by atoms with Crippen LogP contribution < -0.4 is 4.74 Å². The van der Waals surface area contributed by atoms with E-state index in [1.54, 1.807) is 18.2 Å². The molecular weight excluding hydrogens is 301 g/mol. The molecule has 1 aliphatic rings. The van der Waals surface area contributed by atoms with E-state index in [1.165, 1.54) is 12.1 Å². The van der Waals surface area contributed by atoms with Gasteiger partial charge in [-0.3, -0.25) is 4.90 Å². The Balaban J connectivity index is 1.71. The van der Waals surface area contributed by atoms with Gasteiger partial charge in [0.15, 0.2) is 0 Å². The highest BCUT2D eigenvalue weighted by Crippen LogP contribution is 2.14. The summed E-state index contributed by atoms with van der Waals surface area (Å²) < 4.78 is 29.6. The van der Waals surface area contributed by atoms with Crippen LogP contribution in [0.4, 0.5) is 4.39 Å². The van der Waals surface area contributed by atoms with Crippen molar-refractivity contribution in [1.82, 2.24) is 4.90 Å². The minimum atomic E-state index is -0.544. The maximum Gasteiger partial charge on any atom is 0.126 e. The van der Waals surface area contributed by atoms with Crippen LogP contribution >= 0.6 is 0 Å². The maximum atomic E-state index is 13.1. The van der Waals surface area contributed by atoms with E-state index in [0.29, 0.717) is 38.7 Å². The summed E-state index contributed by atoms with van der Waals surface area (Å²) in [4.78, 5) is 2.12. The Morgan fingerprint density at radius 1 is 1.52 bits per heavy atom. The number of aliphatic hydroxyl groups is 1. The number of β-amino-alcohol motifs (C(OH)–C–C–N with tert-alkyl or cyclic N) is 1. The first-order chi connectivity index (χ1) is 11.2. The Bertz CT molecular complexity index is 485. The quantitative estimate of drug-likeness (QED) is 0.550. The van der Waals surface area contributed by atoms with Gasteiger partial charge >= 0.3 is 0 Å². The average Bonchev–Trinajstić information content (AvgIpc) is 2.54. The van der Waals surface area contributed by atoms with Gasteiger partial charge in [-0.05, 0) is 12.1 Å². The Labute approximate surface area is 136 Å². The molecule has 0 bridgehead atoms. The molecular formula is C17H24FNO4. The molecule has 1 aromatic rings. The Morgan fingerprint density at radius 3 is 3.17 bits per heavy atom. The van der Waals surface area contributed by atoms with Gasteiger partial charge in [-0.25, -0.2) is 4.39 Å². The van der Waals surface area contributed by atoms with Crippen LogP contribution in [0.2, 0.25) is 0 Å². The molecule has 23 heavy (non-hydrogen) atoms. The number of nitrogens with zero attached hydrogens (tertiary/aromatic N) is 1. The van der Waals surface area contributed by atoms with Crippen molar-refractivity contribution in [3.63, 3.8) is 0 Å². The lowest BCUT2D eigenvalue weighted by Gasteiger charge is -2.33. The molecule has 0 amide bonds. The lowest BCUT2D eigenvalue weighted by atomic mass is 10.2. The molecule has 1 saturated heterocycles. The van der Waals surface area contributed by atoms with Crippen LogP contribution in [0.5, 0.6) is 5.75 Å². The van der Waals surface area contributed by atoms with E-state index in [1.807, 2.05) is 0 Å². The van der Waals surface area contributed by atoms with Crippen LogP contribution in [0, 0.1) is 5.82 Å². The van der Waals surface area contributed by atoms with E-state index < -0.39 is 6.10 Å². The lowest BCUT2D eigenvalue weighted by Crippen LogP contribution is -2.48. The number of rotatable bonds is 9. The number of ether oxygens (including phenoxy) is 3. The van der Waals surface area contributed by atoms with Gasteiger partial charge in [0.05, 0.1) is 25.9 Å². The normalized spacial score (nSPS) is 20.2. The molecule has 128 valence electrons. The molecule has 0 radical (unpaired) electrons. The van der Waals surface area contributed by atoms with Crippen molar-refractivity contribution in [2.45, 2.75) is 12.2 Å². The van der Waals surface area contributed by atoms with Crippen LogP contribution in [0.15, 0.2) is 36.9 Å². The van der Waals surface area contributed by atoms with Crippen LogP contribution in [0.3, 0.4) is 0 Å². The van der Waals surface area contributed by atoms with Crippen molar-refractivity contribution in [3.05, 3.63) is 42.7 Å². The van der Waals surface area contributed by atoms with Crippen LogP contribution in [-0.2, 0) is 9.47 Å². The first kappa shape index (κ1) is 17.9. The summed E-state index contributed by atoms with van der Waals surface area (Å²) >= 11 is 0. The standard InChI is InChI=1S/C17H24FNO4/c1-2-7-21-12-15(20)10-19-6-8-22-17(11-19)13-23-16-5-3-4-14(18)9-16/h2-5,9,15,17,20H,1,6-8,10-13H2/t15-,17+/m0/s1. The highest BCUT2D eigenvalue weighted by molar-refractivity contribution is 5.22. The zero-order valence-electron chi connectivity index (χ0n) is 13.2. The highest BCUT2D eigenvalue weighted by Gasteiger charge is 2.23. The van der Waals surface area contributed by atoms with E-state index >= 15 is 0 Å². The second-order valence-corrected chi connectivity index (χ2v) is 5.50. The molecule has 0 saturated carbocycles. The van der Waals surface area contributed by atoms with E-state index in [4.69, 9.17) is 14.2 Å². The molecule has 1 aliphatic heterocycles. The summed E-state index contributed by atoms with van der Waals surface area (Å²) in [6, 6.07) is 6.05. The summed E-state index contributed by atoms with van der Waals surface area (Å²) in [6.07, 6.45) is 1.01. The summed E-state index contributed by atoms with van der Waals surface area (Å²) in [5.41, 5.74) is 0. The second kappa shape index (κ2) is 9.62. The maximum absolute atomic E-state index is 13.1. The third-order valence-corrected chi connectivity index (χ3v) is 3.47. The van der Waals surface area contributed by atoms with Crippen molar-refractivity contribution in [2.24, 2.45) is 0 Å². The summed E-state index contributed by atoms with van der Waals surface area (Å²) in [6.45, 7) is 7.16. The number of hydrogen-bond donors (Lipinski definition) is 1. The molecule has 2 rings (SSSR count). The fourth-order valence-electron chi connectivity index (χ4n) is 2.43. The predicted octanol–water partition coefficient (Wildman–Crippen LogP) is 1.47. The van der Waals surface area contributed by atoms with Crippen molar-refractivity contribution in [2.75, 3.05) is 46.1 Å². The van der Waals surface area contributed by atoms with Crippen LogP contribution in [0.1, 0.15) is 0 Å². The van der Waals surface area contributed by atoms with Crippen molar-refractivity contribution in [3.8, 4) is 5.75 Å². The number of morpholine rings is 1. The van der Waals surface area contributed by atoms with Gasteiger partial charge in [0.1, 0.15) is 24.3 Å². The molecule has 0 spiro atoms. The van der Waals surface area contributed by atoms with Gasteiger partial charge in [-0.1, -0.05) is 12.1 Å². The highest BCUT2D eigenvalue weighted by atomic mass is 19.1. The minimum absolute atomic E-state index is 0.103. The molecule has 2 atom stereocenters. The molecule has 0 aliphatic carbocycles. The number of hydrogen-bond acceptors (Lipinski definition) is 5. The van der Waals surface area contributed by atoms with Gasteiger partial charge in [0.25, 0.3) is 0 Å². The summed E-state index contributed by atoms with van der Waals surface area (Å²) in [5, 5.41) is 9.94. The molecule has 1 N–H and O–H groups in total. The summed E-state index contributed by atoms with van der Waals surface area (Å²) in [7, 11) is 0. The Morgan fingerprint density at radius 2 is 2.39 bits per heavy atom. The van der Waals surface area contributed by atoms with E-state index in [2.05, 4.69) is 11.5 Å². The van der Waals surface area contributed by atoms with Crippen molar-refractivity contribution in [1.29, 1.82) is 0 Å². The van der Waals surface area contributed by atoms with Crippen molar-refractivity contribution < 1.29 is 23.7 Å². The largest absolute Gasteiger partial charge is 0.491 e. The number of benzene rings is 1.